The van der Waals surface area contributed by atoms with Crippen LogP contribution in [0.5, 0.6) is 0 Å². The Bertz CT molecular complexity index is 684. The fraction of sp³-hybridized carbons (Fsp3) is 0.200. The molecule has 3 rings (SSSR count). The summed E-state index contributed by atoms with van der Waals surface area (Å²) in [6.07, 6.45) is 2.21. The summed E-state index contributed by atoms with van der Waals surface area (Å²) in [5.41, 5.74) is 3.73. The predicted molar refractivity (Wildman–Crippen MR) is 81.4 cm³/mol. The van der Waals surface area contributed by atoms with Crippen molar-refractivity contribution in [3.8, 4) is 0 Å². The molecule has 4 heteroatoms. The quantitative estimate of drug-likeness (QED) is 0.783. The van der Waals surface area contributed by atoms with Crippen LogP contribution in [0.1, 0.15) is 18.1 Å². The van der Waals surface area contributed by atoms with Gasteiger partial charge in [0.1, 0.15) is 0 Å². The number of anilines is 1. The predicted octanol–water partition coefficient (Wildman–Crippen LogP) is 2.77. The van der Waals surface area contributed by atoms with Crippen LogP contribution in [-0.2, 0) is 17.6 Å². The molecule has 1 aliphatic rings. The first-order valence-corrected chi connectivity index (χ1v) is 6.68. The largest absolute Gasteiger partial charge is 0.332 e. The van der Waals surface area contributed by atoms with Crippen LogP contribution < -0.4 is 10.6 Å². The summed E-state index contributed by atoms with van der Waals surface area (Å²) in [6, 6.07) is 10.5. The van der Waals surface area contributed by atoms with E-state index in [1.807, 2.05) is 6.07 Å². The van der Waals surface area contributed by atoms with Gasteiger partial charge in [0.2, 0.25) is 5.91 Å². The van der Waals surface area contributed by atoms with E-state index in [9.17, 15) is 4.79 Å². The first-order valence-electron chi connectivity index (χ1n) is 6.27. The smallest absolute Gasteiger partial charge is 0.222 e. The first-order chi connectivity index (χ1) is 9.15. The Labute approximate surface area is 117 Å². The van der Waals surface area contributed by atoms with Crippen LogP contribution in [0.4, 0.5) is 5.69 Å². The molecule has 19 heavy (non-hydrogen) atoms. The summed E-state index contributed by atoms with van der Waals surface area (Å²) in [5.74, 6) is -0.163. The number of hydrogen-bond acceptors (Lipinski definition) is 2. The Kier molecular flexibility index (Phi) is 2.95. The molecule has 0 atom stereocenters. The van der Waals surface area contributed by atoms with E-state index < -0.39 is 0 Å². The van der Waals surface area contributed by atoms with Crippen LogP contribution in [0.15, 0.2) is 30.3 Å². The zero-order valence-electron chi connectivity index (χ0n) is 10.6. The lowest BCUT2D eigenvalue weighted by atomic mass is 10.0. The Morgan fingerprint density at radius 3 is 2.63 bits per heavy atom. The van der Waals surface area contributed by atoms with Crippen LogP contribution in [0, 0.1) is 0 Å². The highest BCUT2D eigenvalue weighted by Gasteiger charge is 2.16. The van der Waals surface area contributed by atoms with E-state index in [0.717, 1.165) is 18.5 Å². The van der Waals surface area contributed by atoms with E-state index >= 15 is 0 Å². The van der Waals surface area contributed by atoms with Crippen LogP contribution in [0.25, 0.3) is 10.8 Å². The molecule has 2 N–H and O–H groups in total. The SMILES string of the molecule is CC(=O)NC(=S)Nc1ccc2c3c(cccc13)CC2. The molecule has 96 valence electrons. The molecule has 0 unspecified atom stereocenters. The fourth-order valence-corrected chi connectivity index (χ4v) is 2.92. The number of rotatable bonds is 1. The van der Waals surface area contributed by atoms with Crippen molar-refractivity contribution in [3.05, 3.63) is 41.5 Å². The molecule has 2 aromatic carbocycles. The van der Waals surface area contributed by atoms with Gasteiger partial charge >= 0.3 is 0 Å². The van der Waals surface area contributed by atoms with Crippen LogP contribution in [-0.4, -0.2) is 11.0 Å². The van der Waals surface area contributed by atoms with Gasteiger partial charge in [0.15, 0.2) is 5.11 Å². The average Bonchev–Trinajstić information content (AvgIpc) is 2.77. The van der Waals surface area contributed by atoms with Crippen LogP contribution in [0.2, 0.25) is 0 Å². The van der Waals surface area contributed by atoms with Crippen molar-refractivity contribution in [3.63, 3.8) is 0 Å². The molecule has 0 aromatic heterocycles. The lowest BCUT2D eigenvalue weighted by Crippen LogP contribution is -2.32. The molecule has 1 aliphatic carbocycles. The Morgan fingerprint density at radius 2 is 1.89 bits per heavy atom. The van der Waals surface area contributed by atoms with E-state index in [1.165, 1.54) is 28.8 Å². The second-order valence-corrected chi connectivity index (χ2v) is 5.16. The number of amides is 1. The summed E-state index contributed by atoms with van der Waals surface area (Å²) >= 11 is 5.11. The molecule has 0 saturated heterocycles. The third-order valence-corrected chi connectivity index (χ3v) is 3.62. The molecule has 0 bridgehead atoms. The number of nitrogens with one attached hydrogen (secondary N) is 2. The zero-order chi connectivity index (χ0) is 13.4. The highest BCUT2D eigenvalue weighted by atomic mass is 32.1. The van der Waals surface area contributed by atoms with Crippen LogP contribution in [0.3, 0.4) is 0 Å². The van der Waals surface area contributed by atoms with Crippen molar-refractivity contribution < 1.29 is 4.79 Å². The molecule has 2 aromatic rings. The van der Waals surface area contributed by atoms with Crippen molar-refractivity contribution in [2.75, 3.05) is 5.32 Å². The van der Waals surface area contributed by atoms with Gasteiger partial charge in [-0.1, -0.05) is 24.3 Å². The van der Waals surface area contributed by atoms with Crippen molar-refractivity contribution in [1.82, 2.24) is 5.32 Å². The molecule has 0 spiro atoms. The first kappa shape index (κ1) is 12.1. The number of carbonyl (C=O) groups is 1. The molecular weight excluding hydrogens is 256 g/mol. The maximum absolute atomic E-state index is 11.0. The minimum absolute atomic E-state index is 0.163. The molecule has 0 saturated carbocycles. The van der Waals surface area contributed by atoms with E-state index in [4.69, 9.17) is 12.2 Å². The summed E-state index contributed by atoms with van der Waals surface area (Å²) in [6.45, 7) is 1.45. The van der Waals surface area contributed by atoms with Crippen molar-refractivity contribution in [1.29, 1.82) is 0 Å². The minimum atomic E-state index is -0.163. The molecule has 0 heterocycles. The molecule has 0 aliphatic heterocycles. The van der Waals surface area contributed by atoms with Gasteiger partial charge in [0.25, 0.3) is 0 Å². The van der Waals surface area contributed by atoms with Gasteiger partial charge in [-0.25, -0.2) is 0 Å². The molecule has 0 fully saturated rings. The lowest BCUT2D eigenvalue weighted by Gasteiger charge is -2.12. The van der Waals surface area contributed by atoms with Crippen molar-refractivity contribution >= 4 is 39.7 Å². The number of carbonyl (C=O) groups excluding carboxylic acids is 1. The molecule has 0 radical (unpaired) electrons. The zero-order valence-corrected chi connectivity index (χ0v) is 11.4. The van der Waals surface area contributed by atoms with Gasteiger partial charge < -0.3 is 10.6 Å². The van der Waals surface area contributed by atoms with Gasteiger partial charge in [0, 0.05) is 18.0 Å². The lowest BCUT2D eigenvalue weighted by molar-refractivity contribution is -0.117. The third-order valence-electron chi connectivity index (χ3n) is 3.41. The molecule has 1 amide bonds. The highest BCUT2D eigenvalue weighted by Crippen LogP contribution is 2.34. The standard InChI is InChI=1S/C15H14N2OS/c1-9(18)16-15(19)17-13-8-7-11-6-5-10-3-2-4-12(13)14(10)11/h2-4,7-8H,5-6H2,1H3,(H2,16,17,18,19). The number of hydrogen-bond donors (Lipinski definition) is 2. The Morgan fingerprint density at radius 1 is 1.16 bits per heavy atom. The second-order valence-electron chi connectivity index (χ2n) is 4.75. The summed E-state index contributed by atoms with van der Waals surface area (Å²) in [5, 5.41) is 8.52. The van der Waals surface area contributed by atoms with Crippen molar-refractivity contribution in [2.45, 2.75) is 19.8 Å². The van der Waals surface area contributed by atoms with Gasteiger partial charge in [-0.2, -0.15) is 0 Å². The maximum atomic E-state index is 11.0. The molecule has 3 nitrogen and oxygen atoms in total. The van der Waals surface area contributed by atoms with E-state index in [1.54, 1.807) is 0 Å². The number of aryl methyl sites for hydroxylation is 2. The topological polar surface area (TPSA) is 41.1 Å². The highest BCUT2D eigenvalue weighted by molar-refractivity contribution is 7.80. The molecular formula is C15H14N2OS. The third kappa shape index (κ3) is 2.19. The van der Waals surface area contributed by atoms with Crippen LogP contribution >= 0.6 is 12.2 Å². The van der Waals surface area contributed by atoms with E-state index in [2.05, 4.69) is 34.9 Å². The number of thiocarbonyl (C=S) groups is 1. The second kappa shape index (κ2) is 4.63. The van der Waals surface area contributed by atoms with Gasteiger partial charge in [-0.15, -0.1) is 0 Å². The van der Waals surface area contributed by atoms with Gasteiger partial charge in [0.05, 0.1) is 0 Å². The van der Waals surface area contributed by atoms with E-state index in [0.29, 0.717) is 5.11 Å². The minimum Gasteiger partial charge on any atom is -0.332 e. The van der Waals surface area contributed by atoms with Crippen molar-refractivity contribution in [2.24, 2.45) is 0 Å². The Balaban J connectivity index is 2.02. The monoisotopic (exact) mass is 270 g/mol. The number of benzene rings is 2. The summed E-state index contributed by atoms with van der Waals surface area (Å²) in [7, 11) is 0. The normalized spacial score (nSPS) is 12.5. The maximum Gasteiger partial charge on any atom is 0.222 e. The summed E-state index contributed by atoms with van der Waals surface area (Å²) < 4.78 is 0. The Hall–Kier alpha value is -1.94. The average molecular weight is 270 g/mol. The fourth-order valence-electron chi connectivity index (χ4n) is 2.67. The summed E-state index contributed by atoms with van der Waals surface area (Å²) in [4.78, 5) is 11.0. The van der Waals surface area contributed by atoms with Gasteiger partial charge in [-0.05, 0) is 47.6 Å². The van der Waals surface area contributed by atoms with Gasteiger partial charge in [-0.3, -0.25) is 4.79 Å². The van der Waals surface area contributed by atoms with E-state index in [-0.39, 0.29) is 5.91 Å².